The van der Waals surface area contributed by atoms with E-state index in [0.29, 0.717) is 17.8 Å². The van der Waals surface area contributed by atoms with Gasteiger partial charge in [0, 0.05) is 12.6 Å². The molecule has 2 N–H and O–H groups in total. The molecule has 3 rings (SSSR count). The minimum Gasteiger partial charge on any atom is -0.478 e. The van der Waals surface area contributed by atoms with Gasteiger partial charge >= 0.3 is 5.97 Å². The fourth-order valence-corrected chi connectivity index (χ4v) is 2.08. The van der Waals surface area contributed by atoms with Crippen LogP contribution < -0.4 is 0 Å². The number of hydrogen-bond acceptors (Lipinski definition) is 3. The molecule has 3 aromatic rings. The molecule has 5 nitrogen and oxygen atoms in total. The Morgan fingerprint density at radius 2 is 1.95 bits per heavy atom. The van der Waals surface area contributed by atoms with Crippen LogP contribution in [0.25, 0.3) is 11.4 Å². The van der Waals surface area contributed by atoms with E-state index in [-0.39, 0.29) is 5.56 Å². The summed E-state index contributed by atoms with van der Waals surface area (Å²) in [6.45, 7) is 0. The third-order valence-electron chi connectivity index (χ3n) is 3.13. The zero-order valence-electron chi connectivity index (χ0n) is 11.2. The van der Waals surface area contributed by atoms with Crippen molar-refractivity contribution >= 4 is 5.97 Å². The molecular weight excluding hydrogens is 266 g/mol. The van der Waals surface area contributed by atoms with Crippen molar-refractivity contribution in [2.45, 2.75) is 6.42 Å². The lowest BCUT2D eigenvalue weighted by Crippen LogP contribution is -1.97. The molecule has 0 atom stereocenters. The highest BCUT2D eigenvalue weighted by atomic mass is 16.4. The van der Waals surface area contributed by atoms with E-state index < -0.39 is 5.97 Å². The molecule has 1 aromatic carbocycles. The van der Waals surface area contributed by atoms with E-state index in [4.69, 9.17) is 5.11 Å². The van der Waals surface area contributed by atoms with E-state index >= 15 is 0 Å². The van der Waals surface area contributed by atoms with Crippen LogP contribution in [0.2, 0.25) is 0 Å². The van der Waals surface area contributed by atoms with Crippen molar-refractivity contribution in [3.63, 3.8) is 0 Å². The fourth-order valence-electron chi connectivity index (χ4n) is 2.08. The first-order chi connectivity index (χ1) is 10.2. The van der Waals surface area contributed by atoms with Crippen molar-refractivity contribution < 1.29 is 9.90 Å². The quantitative estimate of drug-likeness (QED) is 0.769. The van der Waals surface area contributed by atoms with Gasteiger partial charge in [-0.05, 0) is 17.7 Å². The second-order valence-electron chi connectivity index (χ2n) is 4.64. The largest absolute Gasteiger partial charge is 0.478 e. The number of carboxylic acids is 1. The third kappa shape index (κ3) is 2.97. The lowest BCUT2D eigenvalue weighted by atomic mass is 10.1. The number of benzene rings is 1. The summed E-state index contributed by atoms with van der Waals surface area (Å²) in [5, 5.41) is 9.00. The minimum absolute atomic E-state index is 0.208. The zero-order chi connectivity index (χ0) is 14.7. The molecule has 0 bridgehead atoms. The molecule has 104 valence electrons. The van der Waals surface area contributed by atoms with Crippen molar-refractivity contribution in [2.75, 3.05) is 0 Å². The van der Waals surface area contributed by atoms with Crippen LogP contribution in [-0.2, 0) is 6.42 Å². The number of aromatic carboxylic acids is 1. The fraction of sp³-hybridized carbons (Fsp3) is 0.0625. The molecule has 0 aliphatic heterocycles. The van der Waals surface area contributed by atoms with Gasteiger partial charge in [0.1, 0.15) is 5.82 Å². The Labute approximate surface area is 121 Å². The van der Waals surface area contributed by atoms with Gasteiger partial charge in [0.15, 0.2) is 0 Å². The number of hydrogen-bond donors (Lipinski definition) is 2. The molecule has 0 saturated heterocycles. The summed E-state index contributed by atoms with van der Waals surface area (Å²) in [6.07, 6.45) is 3.85. The first kappa shape index (κ1) is 13.1. The SMILES string of the molecule is O=C(O)c1ccnc(-c2cnc(Cc3ccccc3)[nH]2)c1. The standard InChI is InChI=1S/C16H13N3O2/c20-16(21)12-6-7-17-13(9-12)14-10-18-15(19-14)8-11-4-2-1-3-5-11/h1-7,9-10H,8H2,(H,18,19)(H,20,21). The average Bonchev–Trinajstić information content (AvgIpc) is 2.97. The number of aromatic nitrogens is 3. The average molecular weight is 279 g/mol. The van der Waals surface area contributed by atoms with Gasteiger partial charge in [0.2, 0.25) is 0 Å². The van der Waals surface area contributed by atoms with Gasteiger partial charge in [-0.1, -0.05) is 30.3 Å². The molecule has 5 heteroatoms. The zero-order valence-corrected chi connectivity index (χ0v) is 11.2. The van der Waals surface area contributed by atoms with Crippen molar-refractivity contribution in [1.29, 1.82) is 0 Å². The highest BCUT2D eigenvalue weighted by molar-refractivity contribution is 5.88. The second kappa shape index (κ2) is 5.58. The van der Waals surface area contributed by atoms with E-state index in [2.05, 4.69) is 15.0 Å². The summed E-state index contributed by atoms with van der Waals surface area (Å²) in [4.78, 5) is 22.7. The lowest BCUT2D eigenvalue weighted by molar-refractivity contribution is 0.0697. The Hall–Kier alpha value is -2.95. The smallest absolute Gasteiger partial charge is 0.335 e. The summed E-state index contributed by atoms with van der Waals surface area (Å²) in [6, 6.07) is 13.0. The number of rotatable bonds is 4. The van der Waals surface area contributed by atoms with Gasteiger partial charge in [-0.2, -0.15) is 0 Å². The second-order valence-corrected chi connectivity index (χ2v) is 4.64. The highest BCUT2D eigenvalue weighted by Gasteiger charge is 2.08. The van der Waals surface area contributed by atoms with Gasteiger partial charge in [-0.3, -0.25) is 4.98 Å². The number of carbonyl (C=O) groups is 1. The predicted octanol–water partition coefficient (Wildman–Crippen LogP) is 2.76. The molecule has 0 aliphatic rings. The Bertz CT molecular complexity index is 766. The van der Waals surface area contributed by atoms with Gasteiger partial charge in [-0.25, -0.2) is 9.78 Å². The van der Waals surface area contributed by atoms with E-state index in [9.17, 15) is 4.79 Å². The third-order valence-corrected chi connectivity index (χ3v) is 3.13. The van der Waals surface area contributed by atoms with Crippen molar-refractivity contribution in [3.05, 3.63) is 71.8 Å². The Balaban J connectivity index is 1.85. The van der Waals surface area contributed by atoms with E-state index in [1.165, 1.54) is 18.3 Å². The van der Waals surface area contributed by atoms with Crippen LogP contribution in [0.3, 0.4) is 0 Å². The maximum Gasteiger partial charge on any atom is 0.335 e. The van der Waals surface area contributed by atoms with Gasteiger partial charge in [0.05, 0.1) is 23.1 Å². The van der Waals surface area contributed by atoms with Crippen molar-refractivity contribution in [3.8, 4) is 11.4 Å². The van der Waals surface area contributed by atoms with Crippen LogP contribution >= 0.6 is 0 Å². The number of imidazole rings is 1. The number of nitrogens with zero attached hydrogens (tertiary/aromatic N) is 2. The maximum absolute atomic E-state index is 11.0. The monoisotopic (exact) mass is 279 g/mol. The van der Waals surface area contributed by atoms with Crippen molar-refractivity contribution in [2.24, 2.45) is 0 Å². The van der Waals surface area contributed by atoms with Crippen LogP contribution in [-0.4, -0.2) is 26.0 Å². The van der Waals surface area contributed by atoms with Crippen LogP contribution in [0.15, 0.2) is 54.9 Å². The summed E-state index contributed by atoms with van der Waals surface area (Å²) >= 11 is 0. The molecule has 0 saturated carbocycles. The number of carboxylic acid groups (broad SMARTS) is 1. The van der Waals surface area contributed by atoms with Crippen LogP contribution in [0.4, 0.5) is 0 Å². The summed E-state index contributed by atoms with van der Waals surface area (Å²) in [7, 11) is 0. The number of nitrogens with one attached hydrogen (secondary N) is 1. The molecular formula is C16H13N3O2. The van der Waals surface area contributed by atoms with Crippen molar-refractivity contribution in [1.82, 2.24) is 15.0 Å². The first-order valence-electron chi connectivity index (χ1n) is 6.50. The molecule has 0 spiro atoms. The van der Waals surface area contributed by atoms with Gasteiger partial charge in [0.25, 0.3) is 0 Å². The molecule has 0 unspecified atom stereocenters. The van der Waals surface area contributed by atoms with E-state index in [0.717, 1.165) is 11.4 Å². The molecule has 2 heterocycles. The summed E-state index contributed by atoms with van der Waals surface area (Å²) in [5.74, 6) is -0.151. The van der Waals surface area contributed by atoms with Crippen LogP contribution in [0, 0.1) is 0 Å². The Morgan fingerprint density at radius 3 is 2.71 bits per heavy atom. The maximum atomic E-state index is 11.0. The minimum atomic E-state index is -0.970. The predicted molar refractivity (Wildman–Crippen MR) is 78.0 cm³/mol. The van der Waals surface area contributed by atoms with E-state index in [1.54, 1.807) is 6.20 Å². The number of H-pyrrole nitrogens is 1. The molecule has 2 aromatic heterocycles. The molecule has 21 heavy (non-hydrogen) atoms. The Morgan fingerprint density at radius 1 is 1.14 bits per heavy atom. The first-order valence-corrected chi connectivity index (χ1v) is 6.50. The van der Waals surface area contributed by atoms with Crippen LogP contribution in [0.5, 0.6) is 0 Å². The highest BCUT2D eigenvalue weighted by Crippen LogP contribution is 2.17. The molecule has 0 amide bonds. The normalized spacial score (nSPS) is 10.5. The molecule has 0 aliphatic carbocycles. The summed E-state index contributed by atoms with van der Waals surface area (Å²) in [5.41, 5.74) is 2.65. The van der Waals surface area contributed by atoms with Crippen LogP contribution in [0.1, 0.15) is 21.7 Å². The molecule has 0 fully saturated rings. The lowest BCUT2D eigenvalue weighted by Gasteiger charge is -1.99. The topological polar surface area (TPSA) is 78.9 Å². The molecule has 0 radical (unpaired) electrons. The van der Waals surface area contributed by atoms with Gasteiger partial charge in [-0.15, -0.1) is 0 Å². The Kier molecular flexibility index (Phi) is 3.47. The summed E-state index contributed by atoms with van der Waals surface area (Å²) < 4.78 is 0. The van der Waals surface area contributed by atoms with Gasteiger partial charge < -0.3 is 10.1 Å². The number of pyridine rings is 1. The number of aromatic amines is 1. The van der Waals surface area contributed by atoms with E-state index in [1.807, 2.05) is 30.3 Å².